The third kappa shape index (κ3) is 8.57. The molecule has 4 fully saturated rings. The van der Waals surface area contributed by atoms with Gasteiger partial charge in [-0.15, -0.1) is 0 Å². The zero-order chi connectivity index (χ0) is 31.7. The zero-order valence-corrected chi connectivity index (χ0v) is 29.6. The summed E-state index contributed by atoms with van der Waals surface area (Å²) in [6.45, 7) is 12.1. The summed E-state index contributed by atoms with van der Waals surface area (Å²) in [6.07, 6.45) is 23.5. The molecule has 4 aliphatic carbocycles. The molecule has 5 rings (SSSR count). The van der Waals surface area contributed by atoms with E-state index in [1.165, 1.54) is 115 Å². The van der Waals surface area contributed by atoms with E-state index < -0.39 is 0 Å². The van der Waals surface area contributed by atoms with Gasteiger partial charge in [0.25, 0.3) is 0 Å². The van der Waals surface area contributed by atoms with Crippen molar-refractivity contribution < 1.29 is 5.11 Å². The van der Waals surface area contributed by atoms with Crippen LogP contribution >= 0.6 is 0 Å². The van der Waals surface area contributed by atoms with Gasteiger partial charge in [-0.3, -0.25) is 0 Å². The summed E-state index contributed by atoms with van der Waals surface area (Å²) in [5.74, 6) is 4.32. The highest BCUT2D eigenvalue weighted by Crippen LogP contribution is 2.68. The first-order chi connectivity index (χ1) is 21.9. The van der Waals surface area contributed by atoms with E-state index in [2.05, 4.69) is 61.7 Å². The minimum atomic E-state index is -0.0838. The summed E-state index contributed by atoms with van der Waals surface area (Å²) in [5.41, 5.74) is 7.91. The van der Waals surface area contributed by atoms with E-state index in [1.807, 2.05) is 0 Å². The summed E-state index contributed by atoms with van der Waals surface area (Å²) in [5, 5.41) is 19.3. The van der Waals surface area contributed by atoms with E-state index >= 15 is 0 Å². The predicted octanol–water partition coefficient (Wildman–Crippen LogP) is 8.51. The third-order valence-corrected chi connectivity index (χ3v) is 14.2. The Morgan fingerprint density at radius 1 is 0.800 bits per heavy atom. The van der Waals surface area contributed by atoms with Crippen LogP contribution in [0.25, 0.3) is 0 Å². The average molecular weight is 622 g/mol. The second-order valence-corrected chi connectivity index (χ2v) is 16.8. The lowest BCUT2D eigenvalue weighted by Crippen LogP contribution is -2.59. The smallest absolute Gasteiger partial charge is 0.0577 e. The lowest BCUT2D eigenvalue weighted by Gasteiger charge is -2.62. The van der Waals surface area contributed by atoms with Crippen molar-refractivity contribution in [2.75, 3.05) is 26.2 Å². The number of fused-ring (bicyclic) bond motifs is 5. The van der Waals surface area contributed by atoms with Crippen molar-refractivity contribution in [2.24, 2.45) is 52.1 Å². The fourth-order valence-corrected chi connectivity index (χ4v) is 11.6. The number of hydrogen-bond acceptors (Lipinski definition) is 4. The van der Waals surface area contributed by atoms with Crippen LogP contribution in [0.3, 0.4) is 0 Å². The van der Waals surface area contributed by atoms with Crippen molar-refractivity contribution in [3.63, 3.8) is 0 Å². The molecule has 3 unspecified atom stereocenters. The fourth-order valence-electron chi connectivity index (χ4n) is 11.6. The molecule has 45 heavy (non-hydrogen) atoms. The van der Waals surface area contributed by atoms with Crippen LogP contribution in [-0.4, -0.2) is 43.4 Å². The number of benzene rings is 1. The molecular formula is C41H71N3O. The third-order valence-electron chi connectivity index (χ3n) is 14.2. The molecule has 4 aliphatic rings. The Labute approximate surface area is 277 Å². The van der Waals surface area contributed by atoms with Crippen molar-refractivity contribution >= 4 is 0 Å². The van der Waals surface area contributed by atoms with Gasteiger partial charge in [-0.1, -0.05) is 83.2 Å². The molecule has 0 spiro atoms. The number of aliphatic hydroxyl groups excluding tert-OH is 1. The van der Waals surface area contributed by atoms with Crippen LogP contribution in [0.1, 0.15) is 135 Å². The van der Waals surface area contributed by atoms with Crippen molar-refractivity contribution in [3.8, 4) is 0 Å². The average Bonchev–Trinajstić information content (AvgIpc) is 3.40. The van der Waals surface area contributed by atoms with Gasteiger partial charge in [-0.2, -0.15) is 0 Å². The molecule has 4 heteroatoms. The van der Waals surface area contributed by atoms with Gasteiger partial charge in [-0.05, 0) is 162 Å². The maximum absolute atomic E-state index is 11.9. The van der Waals surface area contributed by atoms with Crippen molar-refractivity contribution in [1.82, 2.24) is 10.6 Å². The fraction of sp³-hybridized carbons (Fsp3) is 0.854. The molecule has 0 saturated heterocycles. The minimum absolute atomic E-state index is 0.0838. The SMILES string of the molecule is C[C@H](CCCc1ccccc1)[C@H]1CCC2C3C(CC[C@@]21C)[C@@]1(C)CC[C@H](NCCCCCCCCNCCCN)C[C@H]1C[C@@H]3O. The van der Waals surface area contributed by atoms with Crippen molar-refractivity contribution in [1.29, 1.82) is 0 Å². The number of nitrogens with one attached hydrogen (secondary N) is 2. The summed E-state index contributed by atoms with van der Waals surface area (Å²) < 4.78 is 0. The van der Waals surface area contributed by atoms with Crippen LogP contribution in [0.2, 0.25) is 0 Å². The Hall–Kier alpha value is -0.940. The van der Waals surface area contributed by atoms with E-state index in [0.717, 1.165) is 56.1 Å². The Bertz CT molecular complexity index is 986. The van der Waals surface area contributed by atoms with E-state index in [9.17, 15) is 5.11 Å². The summed E-state index contributed by atoms with van der Waals surface area (Å²) >= 11 is 0. The van der Waals surface area contributed by atoms with Crippen LogP contribution in [-0.2, 0) is 6.42 Å². The highest BCUT2D eigenvalue weighted by atomic mass is 16.3. The van der Waals surface area contributed by atoms with Gasteiger partial charge >= 0.3 is 0 Å². The Balaban J connectivity index is 1.04. The molecule has 4 nitrogen and oxygen atoms in total. The number of rotatable bonds is 18. The first-order valence-electron chi connectivity index (χ1n) is 19.7. The van der Waals surface area contributed by atoms with Crippen LogP contribution in [0, 0.1) is 46.3 Å². The number of hydrogen-bond donors (Lipinski definition) is 4. The normalized spacial score (nSPS) is 36.7. The molecule has 4 saturated carbocycles. The van der Waals surface area contributed by atoms with E-state index in [4.69, 9.17) is 5.73 Å². The van der Waals surface area contributed by atoms with Crippen LogP contribution in [0.4, 0.5) is 0 Å². The highest BCUT2D eigenvalue weighted by molar-refractivity contribution is 5.15. The van der Waals surface area contributed by atoms with Crippen molar-refractivity contribution in [3.05, 3.63) is 35.9 Å². The summed E-state index contributed by atoms with van der Waals surface area (Å²) in [6, 6.07) is 11.7. The van der Waals surface area contributed by atoms with Crippen molar-refractivity contribution in [2.45, 2.75) is 148 Å². The van der Waals surface area contributed by atoms with Gasteiger partial charge in [0.2, 0.25) is 0 Å². The van der Waals surface area contributed by atoms with Gasteiger partial charge in [0.15, 0.2) is 0 Å². The molecule has 0 radical (unpaired) electrons. The largest absolute Gasteiger partial charge is 0.393 e. The van der Waals surface area contributed by atoms with E-state index in [-0.39, 0.29) is 6.10 Å². The first kappa shape index (κ1) is 35.4. The molecule has 1 aromatic rings. The number of aryl methyl sites for hydroxylation is 1. The molecule has 0 bridgehead atoms. The van der Waals surface area contributed by atoms with Crippen LogP contribution in [0.5, 0.6) is 0 Å². The molecule has 5 N–H and O–H groups in total. The second-order valence-electron chi connectivity index (χ2n) is 16.8. The van der Waals surface area contributed by atoms with Crippen LogP contribution < -0.4 is 16.4 Å². The first-order valence-corrected chi connectivity index (χ1v) is 19.7. The molecule has 0 aromatic heterocycles. The molecule has 256 valence electrons. The summed E-state index contributed by atoms with van der Waals surface area (Å²) in [4.78, 5) is 0. The van der Waals surface area contributed by atoms with E-state index in [0.29, 0.717) is 28.7 Å². The quantitative estimate of drug-likeness (QED) is 0.124. The zero-order valence-electron chi connectivity index (χ0n) is 29.6. The highest BCUT2D eigenvalue weighted by Gasteiger charge is 2.62. The molecule has 0 amide bonds. The molecule has 10 atom stereocenters. The van der Waals surface area contributed by atoms with Gasteiger partial charge in [0.1, 0.15) is 0 Å². The molecule has 0 heterocycles. The van der Waals surface area contributed by atoms with Gasteiger partial charge in [0, 0.05) is 6.04 Å². The Morgan fingerprint density at radius 3 is 2.27 bits per heavy atom. The number of aliphatic hydroxyl groups is 1. The summed E-state index contributed by atoms with van der Waals surface area (Å²) in [7, 11) is 0. The van der Waals surface area contributed by atoms with Crippen LogP contribution in [0.15, 0.2) is 30.3 Å². The maximum Gasteiger partial charge on any atom is 0.0577 e. The monoisotopic (exact) mass is 622 g/mol. The van der Waals surface area contributed by atoms with Gasteiger partial charge < -0.3 is 21.5 Å². The number of nitrogens with two attached hydrogens (primary N) is 1. The van der Waals surface area contributed by atoms with E-state index in [1.54, 1.807) is 0 Å². The lowest BCUT2D eigenvalue weighted by molar-refractivity contribution is -0.167. The second kappa shape index (κ2) is 16.9. The minimum Gasteiger partial charge on any atom is -0.393 e. The predicted molar refractivity (Wildman–Crippen MR) is 191 cm³/mol. The standard InChI is InChI=1S/C41H71N3O/c1-31(15-13-18-32-16-9-8-10-17-32)35-19-20-36-39-37(22-24-41(35,36)3)40(2)23-21-34(29-33(40)30-38(39)45)44-28-12-7-5-4-6-11-26-43-27-14-25-42/h8-10,16-17,31,33-39,43-45H,4-7,11-15,18-30,42H2,1-3H3/t31-,33+,34+,35-,36?,37?,38+,39?,40+,41-/m1/s1. The molecule has 0 aliphatic heterocycles. The topological polar surface area (TPSA) is 70.3 Å². The maximum atomic E-state index is 11.9. The number of unbranched alkanes of at least 4 members (excludes halogenated alkanes) is 5. The molecular weight excluding hydrogens is 550 g/mol. The lowest BCUT2D eigenvalue weighted by atomic mass is 9.43. The Morgan fingerprint density at radius 2 is 1.49 bits per heavy atom. The Kier molecular flexibility index (Phi) is 13.3. The van der Waals surface area contributed by atoms with Gasteiger partial charge in [0.05, 0.1) is 6.10 Å². The molecule has 1 aromatic carbocycles. The van der Waals surface area contributed by atoms with Gasteiger partial charge in [-0.25, -0.2) is 0 Å².